The van der Waals surface area contributed by atoms with Gasteiger partial charge in [0.15, 0.2) is 4.67 Å². The molecule has 108 valence electrons. The molecule has 1 aromatic carbocycles. The monoisotopic (exact) mass is 421 g/mol. The van der Waals surface area contributed by atoms with Crippen LogP contribution in [0.5, 0.6) is 5.75 Å². The van der Waals surface area contributed by atoms with Crippen molar-refractivity contribution in [2.45, 2.75) is 26.5 Å². The van der Waals surface area contributed by atoms with Gasteiger partial charge in [-0.15, -0.1) is 0 Å². The van der Waals surface area contributed by atoms with Crippen molar-refractivity contribution in [2.24, 2.45) is 0 Å². The summed E-state index contributed by atoms with van der Waals surface area (Å²) in [6.45, 7) is 4.51. The second kappa shape index (κ2) is 6.87. The Bertz CT molecular complexity index is 579. The van der Waals surface area contributed by atoms with E-state index in [9.17, 15) is 0 Å². The standard InChI is InChI=1S/C14H14Br2ClNO2/c1-8(2)19-13-4-3-9(5-12(13)17)18-7-10-6-11(15)14(16)20-10/h3-6,8,18H,7H2,1-2H3. The molecule has 0 aliphatic rings. The topological polar surface area (TPSA) is 34.4 Å². The van der Waals surface area contributed by atoms with Gasteiger partial charge in [0.2, 0.25) is 0 Å². The Morgan fingerprint density at radius 2 is 2.05 bits per heavy atom. The summed E-state index contributed by atoms with van der Waals surface area (Å²) in [6, 6.07) is 7.54. The highest BCUT2D eigenvalue weighted by Gasteiger charge is 2.08. The first-order valence-corrected chi connectivity index (χ1v) is 8.06. The minimum Gasteiger partial charge on any atom is -0.489 e. The maximum absolute atomic E-state index is 6.18. The van der Waals surface area contributed by atoms with Crippen LogP contribution in [0.2, 0.25) is 5.02 Å². The van der Waals surface area contributed by atoms with Gasteiger partial charge in [-0.1, -0.05) is 11.6 Å². The minimum absolute atomic E-state index is 0.101. The zero-order valence-corrected chi connectivity index (χ0v) is 15.0. The molecule has 1 N–H and O–H groups in total. The second-order valence-corrected chi connectivity index (χ2v) is 6.48. The molecule has 0 bridgehead atoms. The molecule has 3 nitrogen and oxygen atoms in total. The third-order valence-electron chi connectivity index (χ3n) is 2.46. The predicted molar refractivity (Wildman–Crippen MR) is 88.7 cm³/mol. The van der Waals surface area contributed by atoms with Gasteiger partial charge in [-0.2, -0.15) is 0 Å². The number of benzene rings is 1. The molecule has 0 atom stereocenters. The number of anilines is 1. The fraction of sp³-hybridized carbons (Fsp3) is 0.286. The van der Waals surface area contributed by atoms with Gasteiger partial charge in [0.05, 0.1) is 22.1 Å². The predicted octanol–water partition coefficient (Wildman–Crippen LogP) is 5.86. The van der Waals surface area contributed by atoms with E-state index in [4.69, 9.17) is 20.8 Å². The maximum atomic E-state index is 6.18. The van der Waals surface area contributed by atoms with Crippen LogP contribution in [0.1, 0.15) is 19.6 Å². The van der Waals surface area contributed by atoms with Crippen molar-refractivity contribution < 1.29 is 9.15 Å². The normalized spacial score (nSPS) is 10.9. The number of hydrogen-bond donors (Lipinski definition) is 1. The van der Waals surface area contributed by atoms with Crippen molar-refractivity contribution in [3.05, 3.63) is 44.2 Å². The van der Waals surface area contributed by atoms with Crippen molar-refractivity contribution in [2.75, 3.05) is 5.32 Å². The summed E-state index contributed by atoms with van der Waals surface area (Å²) in [5, 5.41) is 3.84. The number of ether oxygens (including phenoxy) is 1. The molecule has 1 heterocycles. The summed E-state index contributed by atoms with van der Waals surface area (Å²) in [6.07, 6.45) is 0.101. The van der Waals surface area contributed by atoms with E-state index < -0.39 is 0 Å². The van der Waals surface area contributed by atoms with E-state index in [-0.39, 0.29) is 6.10 Å². The number of nitrogens with one attached hydrogen (secondary N) is 1. The number of hydrogen-bond acceptors (Lipinski definition) is 3. The Kier molecular flexibility index (Phi) is 5.41. The second-order valence-electron chi connectivity index (χ2n) is 4.50. The molecule has 20 heavy (non-hydrogen) atoms. The van der Waals surface area contributed by atoms with Gasteiger partial charge >= 0.3 is 0 Å². The molecule has 0 fully saturated rings. The largest absolute Gasteiger partial charge is 0.489 e. The molecule has 0 spiro atoms. The zero-order valence-electron chi connectivity index (χ0n) is 11.0. The Labute approximate surface area is 139 Å². The lowest BCUT2D eigenvalue weighted by Gasteiger charge is -2.12. The maximum Gasteiger partial charge on any atom is 0.183 e. The molecule has 2 aromatic rings. The molecule has 2 rings (SSSR count). The summed E-state index contributed by atoms with van der Waals surface area (Å²) in [4.78, 5) is 0. The lowest BCUT2D eigenvalue weighted by atomic mass is 10.3. The third-order valence-corrected chi connectivity index (χ3v) is 4.46. The van der Waals surface area contributed by atoms with Gasteiger partial charge < -0.3 is 14.5 Å². The summed E-state index contributed by atoms with van der Waals surface area (Å²) < 4.78 is 12.7. The van der Waals surface area contributed by atoms with Crippen molar-refractivity contribution in [1.82, 2.24) is 0 Å². The first-order chi connectivity index (χ1) is 9.45. The molecule has 1 aromatic heterocycles. The smallest absolute Gasteiger partial charge is 0.183 e. The van der Waals surface area contributed by atoms with Gasteiger partial charge in [0.1, 0.15) is 11.5 Å². The van der Waals surface area contributed by atoms with Crippen molar-refractivity contribution in [1.29, 1.82) is 0 Å². The van der Waals surface area contributed by atoms with Crippen LogP contribution in [0.3, 0.4) is 0 Å². The fourth-order valence-corrected chi connectivity index (χ4v) is 2.51. The van der Waals surface area contributed by atoms with Crippen molar-refractivity contribution in [3.63, 3.8) is 0 Å². The molecule has 0 unspecified atom stereocenters. The number of rotatable bonds is 5. The van der Waals surface area contributed by atoms with Gasteiger partial charge in [-0.05, 0) is 70.0 Å². The van der Waals surface area contributed by atoms with Crippen LogP contribution in [0.25, 0.3) is 0 Å². The van der Waals surface area contributed by atoms with Crippen LogP contribution in [0, 0.1) is 0 Å². The van der Waals surface area contributed by atoms with E-state index >= 15 is 0 Å². The lowest BCUT2D eigenvalue weighted by Crippen LogP contribution is -2.06. The van der Waals surface area contributed by atoms with E-state index in [0.29, 0.717) is 22.0 Å². The summed E-state index contributed by atoms with van der Waals surface area (Å²) in [7, 11) is 0. The number of furan rings is 1. The Morgan fingerprint density at radius 3 is 2.60 bits per heavy atom. The van der Waals surface area contributed by atoms with Crippen molar-refractivity contribution >= 4 is 49.1 Å². The van der Waals surface area contributed by atoms with Gasteiger partial charge in [0, 0.05) is 5.69 Å². The molecule has 0 radical (unpaired) electrons. The first kappa shape index (κ1) is 15.7. The molecular formula is C14H14Br2ClNO2. The summed E-state index contributed by atoms with van der Waals surface area (Å²) in [5.74, 6) is 1.51. The quantitative estimate of drug-likeness (QED) is 0.654. The van der Waals surface area contributed by atoms with E-state index in [1.54, 1.807) is 0 Å². The molecule has 0 aliphatic heterocycles. The molecule has 0 saturated heterocycles. The SMILES string of the molecule is CC(C)Oc1ccc(NCc2cc(Br)c(Br)o2)cc1Cl. The lowest BCUT2D eigenvalue weighted by molar-refractivity contribution is 0.242. The highest BCUT2D eigenvalue weighted by Crippen LogP contribution is 2.30. The summed E-state index contributed by atoms with van der Waals surface area (Å²) in [5.41, 5.74) is 0.912. The molecule has 6 heteroatoms. The van der Waals surface area contributed by atoms with Gasteiger partial charge in [-0.25, -0.2) is 0 Å². The highest BCUT2D eigenvalue weighted by atomic mass is 79.9. The van der Waals surface area contributed by atoms with Gasteiger partial charge in [0.25, 0.3) is 0 Å². The van der Waals surface area contributed by atoms with Crippen LogP contribution < -0.4 is 10.1 Å². The van der Waals surface area contributed by atoms with Crippen LogP contribution in [-0.2, 0) is 6.54 Å². The summed E-state index contributed by atoms with van der Waals surface area (Å²) >= 11 is 12.9. The van der Waals surface area contributed by atoms with Crippen molar-refractivity contribution in [3.8, 4) is 5.75 Å². The molecule has 0 amide bonds. The van der Waals surface area contributed by atoms with E-state index in [1.165, 1.54) is 0 Å². The van der Waals surface area contributed by atoms with E-state index in [2.05, 4.69) is 37.2 Å². The molecule has 0 aliphatic carbocycles. The first-order valence-electron chi connectivity index (χ1n) is 6.09. The zero-order chi connectivity index (χ0) is 14.7. The Balaban J connectivity index is 2.01. The van der Waals surface area contributed by atoms with E-state index in [1.807, 2.05) is 38.1 Å². The average molecular weight is 424 g/mol. The molecule has 0 saturated carbocycles. The van der Waals surface area contributed by atoms with Crippen LogP contribution in [0.4, 0.5) is 5.69 Å². The Morgan fingerprint density at radius 1 is 1.30 bits per heavy atom. The van der Waals surface area contributed by atoms with Crippen LogP contribution in [0.15, 0.2) is 37.8 Å². The number of halogens is 3. The van der Waals surface area contributed by atoms with Crippen LogP contribution >= 0.6 is 43.5 Å². The van der Waals surface area contributed by atoms with E-state index in [0.717, 1.165) is 15.9 Å². The highest BCUT2D eigenvalue weighted by molar-refractivity contribution is 9.13. The van der Waals surface area contributed by atoms with Gasteiger partial charge in [-0.3, -0.25) is 0 Å². The minimum atomic E-state index is 0.101. The molecular weight excluding hydrogens is 409 g/mol. The Hall–Kier alpha value is -0.650. The average Bonchev–Trinajstić information content (AvgIpc) is 2.69. The van der Waals surface area contributed by atoms with Crippen LogP contribution in [-0.4, -0.2) is 6.10 Å². The third kappa shape index (κ3) is 4.17. The fourth-order valence-electron chi connectivity index (χ4n) is 1.63.